The molecule has 1 aromatic heterocycles. The number of benzene rings is 2. The van der Waals surface area contributed by atoms with Crippen molar-refractivity contribution in [1.82, 2.24) is 14.5 Å². The highest BCUT2D eigenvalue weighted by molar-refractivity contribution is 6.30. The molecular formula is C17H16ClN3O2. The third-order valence-electron chi connectivity index (χ3n) is 3.46. The zero-order chi connectivity index (χ0) is 16.6. The van der Waals surface area contributed by atoms with Crippen LogP contribution in [-0.4, -0.2) is 33.7 Å². The van der Waals surface area contributed by atoms with Crippen molar-refractivity contribution in [3.8, 4) is 11.4 Å². The van der Waals surface area contributed by atoms with Crippen molar-refractivity contribution in [1.29, 1.82) is 0 Å². The molecule has 0 aliphatic rings. The molecule has 0 amide bonds. The van der Waals surface area contributed by atoms with E-state index in [-0.39, 0.29) is 11.3 Å². The van der Waals surface area contributed by atoms with Gasteiger partial charge in [-0.25, -0.2) is 4.98 Å². The Bertz CT molecular complexity index is 918. The molecule has 3 rings (SSSR count). The van der Waals surface area contributed by atoms with E-state index in [1.807, 2.05) is 19.0 Å². The molecule has 1 N–H and O–H groups in total. The summed E-state index contributed by atoms with van der Waals surface area (Å²) in [5.74, 6) is 0.685. The number of hydrogen-bond acceptors (Lipinski definition) is 4. The Morgan fingerprint density at radius 3 is 2.52 bits per heavy atom. The highest BCUT2D eigenvalue weighted by Gasteiger charge is 2.14. The van der Waals surface area contributed by atoms with Gasteiger partial charge in [0.25, 0.3) is 5.56 Å². The van der Waals surface area contributed by atoms with Gasteiger partial charge < -0.3 is 10.0 Å². The van der Waals surface area contributed by atoms with Gasteiger partial charge in [-0.1, -0.05) is 11.6 Å². The summed E-state index contributed by atoms with van der Waals surface area (Å²) in [6.07, 6.45) is 0. The summed E-state index contributed by atoms with van der Waals surface area (Å²) in [4.78, 5) is 19.4. The lowest BCUT2D eigenvalue weighted by atomic mass is 10.2. The fourth-order valence-corrected chi connectivity index (χ4v) is 2.59. The fraction of sp³-hybridized carbons (Fsp3) is 0.176. The molecule has 0 saturated carbocycles. The predicted molar refractivity (Wildman–Crippen MR) is 91.4 cm³/mol. The van der Waals surface area contributed by atoms with Crippen molar-refractivity contribution < 1.29 is 5.11 Å². The molecule has 118 valence electrons. The van der Waals surface area contributed by atoms with E-state index >= 15 is 0 Å². The third kappa shape index (κ3) is 3.06. The number of phenols is 1. The highest BCUT2D eigenvalue weighted by Crippen LogP contribution is 2.19. The topological polar surface area (TPSA) is 58.4 Å². The van der Waals surface area contributed by atoms with Gasteiger partial charge in [0.05, 0.1) is 23.1 Å². The minimum absolute atomic E-state index is 0.0874. The first-order chi connectivity index (χ1) is 11.0. The standard InChI is InChI=1S/C17H16ClN3O2/c1-20(2)10-16-19-15-9-13(22)7-8-14(15)17(23)21(16)12-5-3-11(18)4-6-12/h3-9,22H,10H2,1-2H3. The quantitative estimate of drug-likeness (QED) is 0.802. The van der Waals surface area contributed by atoms with Crippen LogP contribution in [-0.2, 0) is 6.54 Å². The minimum Gasteiger partial charge on any atom is -0.508 e. The van der Waals surface area contributed by atoms with E-state index < -0.39 is 0 Å². The first kappa shape index (κ1) is 15.5. The summed E-state index contributed by atoms with van der Waals surface area (Å²) < 4.78 is 1.58. The second kappa shape index (κ2) is 6.02. The molecule has 0 saturated heterocycles. The van der Waals surface area contributed by atoms with Crippen LogP contribution in [0.25, 0.3) is 16.6 Å². The van der Waals surface area contributed by atoms with E-state index in [0.29, 0.717) is 34.0 Å². The van der Waals surface area contributed by atoms with Crippen LogP contribution >= 0.6 is 11.6 Å². The van der Waals surface area contributed by atoms with Gasteiger partial charge in [-0.15, -0.1) is 0 Å². The number of fused-ring (bicyclic) bond motifs is 1. The van der Waals surface area contributed by atoms with Crippen molar-refractivity contribution in [2.45, 2.75) is 6.54 Å². The normalized spacial score (nSPS) is 11.3. The van der Waals surface area contributed by atoms with E-state index in [2.05, 4.69) is 4.98 Å². The molecule has 0 radical (unpaired) electrons. The van der Waals surface area contributed by atoms with Crippen LogP contribution in [0.15, 0.2) is 47.3 Å². The summed E-state index contributed by atoms with van der Waals surface area (Å²) in [7, 11) is 3.82. The number of hydrogen-bond donors (Lipinski definition) is 1. The summed E-state index contributed by atoms with van der Waals surface area (Å²) >= 11 is 5.94. The van der Waals surface area contributed by atoms with Gasteiger partial charge in [-0.05, 0) is 50.5 Å². The Kier molecular flexibility index (Phi) is 4.07. The van der Waals surface area contributed by atoms with E-state index in [1.165, 1.54) is 12.1 Å². The first-order valence-electron chi connectivity index (χ1n) is 7.11. The van der Waals surface area contributed by atoms with Crippen molar-refractivity contribution >= 4 is 22.5 Å². The average Bonchev–Trinajstić information content (AvgIpc) is 2.48. The van der Waals surface area contributed by atoms with Gasteiger partial charge in [0, 0.05) is 11.1 Å². The molecule has 0 spiro atoms. The maximum absolute atomic E-state index is 12.9. The molecule has 0 aliphatic heterocycles. The van der Waals surface area contributed by atoms with Crippen LogP contribution in [0.4, 0.5) is 0 Å². The number of aromatic hydroxyl groups is 1. The zero-order valence-electron chi connectivity index (χ0n) is 12.8. The Morgan fingerprint density at radius 1 is 1.17 bits per heavy atom. The van der Waals surface area contributed by atoms with Crippen LogP contribution in [0.3, 0.4) is 0 Å². The second-order valence-corrected chi connectivity index (χ2v) is 6.02. The molecule has 5 nitrogen and oxygen atoms in total. The van der Waals surface area contributed by atoms with E-state index in [4.69, 9.17) is 11.6 Å². The largest absolute Gasteiger partial charge is 0.508 e. The van der Waals surface area contributed by atoms with E-state index in [0.717, 1.165) is 0 Å². The van der Waals surface area contributed by atoms with Crippen LogP contribution in [0.5, 0.6) is 5.75 Å². The average molecular weight is 330 g/mol. The lowest BCUT2D eigenvalue weighted by molar-refractivity contribution is 0.385. The van der Waals surface area contributed by atoms with Gasteiger partial charge in [-0.2, -0.15) is 0 Å². The number of phenolic OH excluding ortho intramolecular Hbond substituents is 1. The van der Waals surface area contributed by atoms with Crippen molar-refractivity contribution in [3.63, 3.8) is 0 Å². The van der Waals surface area contributed by atoms with Crippen LogP contribution in [0, 0.1) is 0 Å². The molecule has 0 fully saturated rings. The molecule has 0 atom stereocenters. The predicted octanol–water partition coefficient (Wildman–Crippen LogP) is 2.81. The SMILES string of the molecule is CN(C)Cc1nc2cc(O)ccc2c(=O)n1-c1ccc(Cl)cc1. The Morgan fingerprint density at radius 2 is 1.87 bits per heavy atom. The summed E-state index contributed by atoms with van der Waals surface area (Å²) in [6.45, 7) is 0.490. The highest BCUT2D eigenvalue weighted by atomic mass is 35.5. The molecule has 6 heteroatoms. The molecule has 23 heavy (non-hydrogen) atoms. The van der Waals surface area contributed by atoms with Gasteiger partial charge in [0.2, 0.25) is 0 Å². The Balaban J connectivity index is 2.33. The number of halogens is 1. The van der Waals surface area contributed by atoms with Crippen LogP contribution < -0.4 is 5.56 Å². The number of nitrogens with zero attached hydrogens (tertiary/aromatic N) is 3. The first-order valence-corrected chi connectivity index (χ1v) is 7.49. The van der Waals surface area contributed by atoms with E-state index in [9.17, 15) is 9.90 Å². The number of aromatic nitrogens is 2. The van der Waals surface area contributed by atoms with Gasteiger partial charge in [0.1, 0.15) is 11.6 Å². The molecule has 0 bridgehead atoms. The lowest BCUT2D eigenvalue weighted by Crippen LogP contribution is -2.27. The van der Waals surface area contributed by atoms with Gasteiger partial charge in [-0.3, -0.25) is 9.36 Å². The second-order valence-electron chi connectivity index (χ2n) is 5.58. The summed E-state index contributed by atoms with van der Waals surface area (Å²) in [6, 6.07) is 11.6. The van der Waals surface area contributed by atoms with Crippen LogP contribution in [0.2, 0.25) is 5.02 Å². The monoisotopic (exact) mass is 329 g/mol. The van der Waals surface area contributed by atoms with Gasteiger partial charge >= 0.3 is 0 Å². The van der Waals surface area contributed by atoms with Crippen molar-refractivity contribution in [3.05, 3.63) is 63.7 Å². The third-order valence-corrected chi connectivity index (χ3v) is 3.72. The summed E-state index contributed by atoms with van der Waals surface area (Å²) in [5, 5.41) is 10.7. The fourth-order valence-electron chi connectivity index (χ4n) is 2.47. The molecule has 2 aromatic carbocycles. The molecule has 0 aliphatic carbocycles. The molecule has 0 unspecified atom stereocenters. The maximum atomic E-state index is 12.9. The Hall–Kier alpha value is -2.37. The maximum Gasteiger partial charge on any atom is 0.266 e. The number of rotatable bonds is 3. The molecular weight excluding hydrogens is 314 g/mol. The lowest BCUT2D eigenvalue weighted by Gasteiger charge is -2.16. The minimum atomic E-state index is -0.172. The summed E-state index contributed by atoms with van der Waals surface area (Å²) in [5.41, 5.74) is 1.02. The van der Waals surface area contributed by atoms with Crippen LogP contribution in [0.1, 0.15) is 5.82 Å². The molecule has 3 aromatic rings. The smallest absolute Gasteiger partial charge is 0.266 e. The Labute approximate surface area is 138 Å². The molecule has 1 heterocycles. The van der Waals surface area contributed by atoms with Crippen molar-refractivity contribution in [2.75, 3.05) is 14.1 Å². The van der Waals surface area contributed by atoms with Crippen molar-refractivity contribution in [2.24, 2.45) is 0 Å². The zero-order valence-corrected chi connectivity index (χ0v) is 13.6. The van der Waals surface area contributed by atoms with Gasteiger partial charge in [0.15, 0.2) is 0 Å². The van der Waals surface area contributed by atoms with E-state index in [1.54, 1.807) is 34.9 Å².